The van der Waals surface area contributed by atoms with Crippen molar-refractivity contribution in [3.63, 3.8) is 0 Å². The lowest BCUT2D eigenvalue weighted by atomic mass is 9.92. The van der Waals surface area contributed by atoms with E-state index in [1.807, 2.05) is 6.92 Å². The van der Waals surface area contributed by atoms with Crippen molar-refractivity contribution >= 4 is 11.8 Å². The molecule has 4 nitrogen and oxygen atoms in total. The molecule has 1 unspecified atom stereocenters. The standard InChI is InChI=1S/C12H19NO3/c1-4-7-10(14)9(6-3)11(13)12(15)16-8-5-2/h4-5,7,9,11H,2,6,8,13H2,1,3H3/t9?,11-/m0/s1. The molecule has 0 fully saturated rings. The summed E-state index contributed by atoms with van der Waals surface area (Å²) in [7, 11) is 0. The molecule has 0 radical (unpaired) electrons. The predicted octanol–water partition coefficient (Wildman–Crippen LogP) is 1.21. The lowest BCUT2D eigenvalue weighted by molar-refractivity contribution is -0.147. The maximum Gasteiger partial charge on any atom is 0.323 e. The predicted molar refractivity (Wildman–Crippen MR) is 62.7 cm³/mol. The fraction of sp³-hybridized carbons (Fsp3) is 0.500. The van der Waals surface area contributed by atoms with E-state index in [2.05, 4.69) is 6.58 Å². The summed E-state index contributed by atoms with van der Waals surface area (Å²) >= 11 is 0. The summed E-state index contributed by atoms with van der Waals surface area (Å²) in [5.41, 5.74) is 5.68. The van der Waals surface area contributed by atoms with Crippen molar-refractivity contribution in [1.82, 2.24) is 0 Å². The van der Waals surface area contributed by atoms with E-state index >= 15 is 0 Å². The van der Waals surface area contributed by atoms with Gasteiger partial charge in [-0.05, 0) is 19.4 Å². The highest BCUT2D eigenvalue weighted by Crippen LogP contribution is 2.11. The number of esters is 1. The highest BCUT2D eigenvalue weighted by atomic mass is 16.5. The van der Waals surface area contributed by atoms with Gasteiger partial charge in [0, 0.05) is 5.92 Å². The lowest BCUT2D eigenvalue weighted by Gasteiger charge is -2.18. The highest BCUT2D eigenvalue weighted by Gasteiger charge is 2.28. The smallest absolute Gasteiger partial charge is 0.323 e. The summed E-state index contributed by atoms with van der Waals surface area (Å²) in [6, 6.07) is -0.909. The number of allylic oxidation sites excluding steroid dienone is 2. The number of nitrogens with two attached hydrogens (primary N) is 1. The Labute approximate surface area is 96.2 Å². The van der Waals surface area contributed by atoms with Gasteiger partial charge in [-0.2, -0.15) is 0 Å². The SMILES string of the molecule is C=CCOC(=O)[C@@H](N)C(CC)C(=O)C=CC. The van der Waals surface area contributed by atoms with Gasteiger partial charge in [-0.15, -0.1) is 0 Å². The normalized spacial score (nSPS) is 14.4. The molecular formula is C12H19NO3. The van der Waals surface area contributed by atoms with Crippen LogP contribution in [0.15, 0.2) is 24.8 Å². The van der Waals surface area contributed by atoms with Gasteiger partial charge < -0.3 is 10.5 Å². The Bertz CT molecular complexity index is 284. The van der Waals surface area contributed by atoms with Gasteiger partial charge in [0.1, 0.15) is 12.6 Å². The molecule has 0 aliphatic heterocycles. The second-order valence-corrected chi connectivity index (χ2v) is 3.36. The molecule has 0 spiro atoms. The number of carbonyl (C=O) groups is 2. The molecule has 0 aromatic heterocycles. The Hall–Kier alpha value is -1.42. The third-order valence-electron chi connectivity index (χ3n) is 2.19. The van der Waals surface area contributed by atoms with Gasteiger partial charge >= 0.3 is 5.97 Å². The molecule has 0 aromatic rings. The van der Waals surface area contributed by atoms with Crippen LogP contribution in [0.1, 0.15) is 20.3 Å². The van der Waals surface area contributed by atoms with Gasteiger partial charge in [-0.1, -0.05) is 25.7 Å². The van der Waals surface area contributed by atoms with E-state index in [0.717, 1.165) is 0 Å². The zero-order chi connectivity index (χ0) is 12.6. The van der Waals surface area contributed by atoms with Crippen LogP contribution in [0.4, 0.5) is 0 Å². The first-order valence-electron chi connectivity index (χ1n) is 5.28. The van der Waals surface area contributed by atoms with Gasteiger partial charge in [-0.25, -0.2) is 0 Å². The first kappa shape index (κ1) is 14.6. The second kappa shape index (κ2) is 7.82. The van der Waals surface area contributed by atoms with Crippen molar-refractivity contribution in [3.8, 4) is 0 Å². The monoisotopic (exact) mass is 225 g/mol. The Kier molecular flexibility index (Phi) is 7.12. The van der Waals surface area contributed by atoms with Crippen LogP contribution in [0.3, 0.4) is 0 Å². The number of hydrogen-bond donors (Lipinski definition) is 1. The fourth-order valence-corrected chi connectivity index (χ4v) is 1.32. The van der Waals surface area contributed by atoms with Crippen molar-refractivity contribution in [1.29, 1.82) is 0 Å². The van der Waals surface area contributed by atoms with Crippen molar-refractivity contribution in [3.05, 3.63) is 24.8 Å². The minimum Gasteiger partial charge on any atom is -0.460 e. The molecule has 0 heterocycles. The third kappa shape index (κ3) is 4.40. The van der Waals surface area contributed by atoms with E-state index in [9.17, 15) is 9.59 Å². The molecule has 0 saturated heterocycles. The first-order chi connectivity index (χ1) is 7.58. The summed E-state index contributed by atoms with van der Waals surface area (Å²) < 4.78 is 4.81. The summed E-state index contributed by atoms with van der Waals surface area (Å²) in [6.45, 7) is 7.09. The van der Waals surface area contributed by atoms with Crippen LogP contribution in [0.25, 0.3) is 0 Å². The van der Waals surface area contributed by atoms with Crippen LogP contribution < -0.4 is 5.73 Å². The topological polar surface area (TPSA) is 69.4 Å². The molecule has 4 heteroatoms. The first-order valence-corrected chi connectivity index (χ1v) is 5.28. The van der Waals surface area contributed by atoms with Gasteiger partial charge in [0.25, 0.3) is 0 Å². The van der Waals surface area contributed by atoms with E-state index in [0.29, 0.717) is 6.42 Å². The van der Waals surface area contributed by atoms with Gasteiger partial charge in [0.05, 0.1) is 0 Å². The molecule has 2 N–H and O–H groups in total. The second-order valence-electron chi connectivity index (χ2n) is 3.36. The molecule has 0 aliphatic carbocycles. The van der Waals surface area contributed by atoms with Crippen LogP contribution in [0, 0.1) is 5.92 Å². The molecule has 0 bridgehead atoms. The summed E-state index contributed by atoms with van der Waals surface area (Å²) in [5.74, 6) is -1.23. The minimum atomic E-state index is -0.909. The minimum absolute atomic E-state index is 0.112. The average molecular weight is 225 g/mol. The van der Waals surface area contributed by atoms with Gasteiger partial charge in [-0.3, -0.25) is 9.59 Å². The van der Waals surface area contributed by atoms with E-state index < -0.39 is 17.9 Å². The molecule has 0 aromatic carbocycles. The van der Waals surface area contributed by atoms with Crippen LogP contribution in [0.5, 0.6) is 0 Å². The number of rotatable bonds is 7. The number of ether oxygens (including phenoxy) is 1. The Balaban J connectivity index is 4.51. The Morgan fingerprint density at radius 2 is 2.12 bits per heavy atom. The molecule has 2 atom stereocenters. The lowest BCUT2D eigenvalue weighted by Crippen LogP contribution is -2.42. The zero-order valence-electron chi connectivity index (χ0n) is 9.81. The van der Waals surface area contributed by atoms with E-state index in [1.165, 1.54) is 12.2 Å². The molecule has 90 valence electrons. The molecule has 0 amide bonds. The van der Waals surface area contributed by atoms with Crippen LogP contribution in [-0.4, -0.2) is 24.4 Å². The Morgan fingerprint density at radius 1 is 1.50 bits per heavy atom. The maximum absolute atomic E-state index is 11.6. The third-order valence-corrected chi connectivity index (χ3v) is 2.19. The van der Waals surface area contributed by atoms with E-state index in [-0.39, 0.29) is 12.4 Å². The van der Waals surface area contributed by atoms with Gasteiger partial charge in [0.2, 0.25) is 0 Å². The number of carbonyl (C=O) groups excluding carboxylic acids is 2. The molecule has 0 saturated carbocycles. The summed E-state index contributed by atoms with van der Waals surface area (Å²) in [4.78, 5) is 23.0. The largest absolute Gasteiger partial charge is 0.460 e. The van der Waals surface area contributed by atoms with Crippen molar-refractivity contribution in [2.45, 2.75) is 26.3 Å². The number of ketones is 1. The van der Waals surface area contributed by atoms with Gasteiger partial charge in [0.15, 0.2) is 5.78 Å². The van der Waals surface area contributed by atoms with E-state index in [1.54, 1.807) is 13.0 Å². The van der Waals surface area contributed by atoms with Crippen LogP contribution in [0.2, 0.25) is 0 Å². The van der Waals surface area contributed by atoms with Crippen molar-refractivity contribution in [2.24, 2.45) is 11.7 Å². The summed E-state index contributed by atoms with van der Waals surface area (Å²) in [6.07, 6.45) is 5.02. The van der Waals surface area contributed by atoms with E-state index in [4.69, 9.17) is 10.5 Å². The molecule has 16 heavy (non-hydrogen) atoms. The average Bonchev–Trinajstić information content (AvgIpc) is 2.27. The van der Waals surface area contributed by atoms with Crippen molar-refractivity contribution in [2.75, 3.05) is 6.61 Å². The zero-order valence-corrected chi connectivity index (χ0v) is 9.81. The molecular weight excluding hydrogens is 206 g/mol. The molecule has 0 aliphatic rings. The van der Waals surface area contributed by atoms with Crippen LogP contribution >= 0.6 is 0 Å². The van der Waals surface area contributed by atoms with Crippen LogP contribution in [-0.2, 0) is 14.3 Å². The summed E-state index contributed by atoms with van der Waals surface area (Å²) in [5, 5.41) is 0. The maximum atomic E-state index is 11.6. The van der Waals surface area contributed by atoms with Crippen molar-refractivity contribution < 1.29 is 14.3 Å². The fourth-order valence-electron chi connectivity index (χ4n) is 1.32. The quantitative estimate of drug-likeness (QED) is 0.402. The number of hydrogen-bond acceptors (Lipinski definition) is 4. The molecule has 0 rings (SSSR count). The highest BCUT2D eigenvalue weighted by molar-refractivity contribution is 5.95. The Morgan fingerprint density at radius 3 is 2.56 bits per heavy atom.